The van der Waals surface area contributed by atoms with Crippen LogP contribution in [0.2, 0.25) is 0 Å². The van der Waals surface area contributed by atoms with Crippen molar-refractivity contribution in [3.05, 3.63) is 83.8 Å². The Labute approximate surface area is 211 Å². The van der Waals surface area contributed by atoms with Gasteiger partial charge in [-0.1, -0.05) is 78.0 Å². The molecule has 35 heavy (non-hydrogen) atoms. The molecule has 4 aromatic rings. The number of hydrogen-bond donors (Lipinski definition) is 1. The third-order valence-corrected chi connectivity index (χ3v) is 7.05. The van der Waals surface area contributed by atoms with Crippen molar-refractivity contribution in [1.29, 1.82) is 0 Å². The van der Waals surface area contributed by atoms with Gasteiger partial charge in [0.1, 0.15) is 10.6 Å². The van der Waals surface area contributed by atoms with Crippen LogP contribution in [0.25, 0.3) is 22.5 Å². The molecule has 9 heteroatoms. The Morgan fingerprint density at radius 2 is 1.86 bits per heavy atom. The highest BCUT2D eigenvalue weighted by Gasteiger charge is 2.23. The summed E-state index contributed by atoms with van der Waals surface area (Å²) >= 11 is 2.57. The predicted molar refractivity (Wildman–Crippen MR) is 141 cm³/mol. The van der Waals surface area contributed by atoms with Gasteiger partial charge in [0.15, 0.2) is 11.0 Å². The fraction of sp³-hybridized carbons (Fsp3) is 0.154. The minimum atomic E-state index is -0.497. The number of nitrogens with zero attached hydrogens (tertiary/aromatic N) is 3. The van der Waals surface area contributed by atoms with E-state index in [4.69, 9.17) is 4.74 Å². The molecular formula is C26H24N4O3S2. The number of esters is 1. The van der Waals surface area contributed by atoms with Gasteiger partial charge in [0.05, 0.1) is 12.9 Å². The van der Waals surface area contributed by atoms with Gasteiger partial charge in [-0.05, 0) is 12.5 Å². The molecule has 1 N–H and O–H groups in total. The molecule has 0 saturated heterocycles. The average molecular weight is 505 g/mol. The normalized spacial score (nSPS) is 10.7. The van der Waals surface area contributed by atoms with E-state index < -0.39 is 5.97 Å². The zero-order chi connectivity index (χ0) is 24.8. The Morgan fingerprint density at radius 1 is 1.11 bits per heavy atom. The van der Waals surface area contributed by atoms with E-state index in [9.17, 15) is 9.59 Å². The number of thiophene rings is 1. The molecule has 2 heterocycles. The monoisotopic (exact) mass is 504 g/mol. The van der Waals surface area contributed by atoms with Crippen LogP contribution in [0, 0.1) is 6.92 Å². The van der Waals surface area contributed by atoms with Gasteiger partial charge < -0.3 is 10.1 Å². The van der Waals surface area contributed by atoms with E-state index >= 15 is 0 Å². The summed E-state index contributed by atoms with van der Waals surface area (Å²) in [6.45, 7) is 6.33. The van der Waals surface area contributed by atoms with Gasteiger partial charge in [-0.25, -0.2) is 4.79 Å². The maximum atomic E-state index is 12.8. The van der Waals surface area contributed by atoms with Crippen molar-refractivity contribution in [3.8, 4) is 22.5 Å². The largest absolute Gasteiger partial charge is 0.465 e. The molecule has 1 amide bonds. The molecule has 0 aliphatic heterocycles. The van der Waals surface area contributed by atoms with Crippen LogP contribution in [0.5, 0.6) is 0 Å². The SMILES string of the molecule is C=CCn1c(SCC(=O)Nc2scc(-c3ccc(C)cc3)c2C(=O)OC)nnc1-c1ccccc1. The van der Waals surface area contributed by atoms with Crippen molar-refractivity contribution in [3.63, 3.8) is 0 Å². The molecule has 0 fully saturated rings. The van der Waals surface area contributed by atoms with Crippen molar-refractivity contribution in [2.24, 2.45) is 0 Å². The van der Waals surface area contributed by atoms with Crippen molar-refractivity contribution in [2.75, 3.05) is 18.2 Å². The first-order valence-corrected chi connectivity index (χ1v) is 12.7. The summed E-state index contributed by atoms with van der Waals surface area (Å²) in [6.07, 6.45) is 1.76. The van der Waals surface area contributed by atoms with Crippen molar-refractivity contribution < 1.29 is 14.3 Å². The van der Waals surface area contributed by atoms with Gasteiger partial charge in [0.2, 0.25) is 5.91 Å². The van der Waals surface area contributed by atoms with E-state index in [2.05, 4.69) is 22.1 Å². The number of hydrogen-bond acceptors (Lipinski definition) is 7. The molecule has 2 aromatic heterocycles. The van der Waals surface area contributed by atoms with Crippen LogP contribution in [-0.2, 0) is 16.1 Å². The minimum Gasteiger partial charge on any atom is -0.465 e. The molecule has 0 aliphatic rings. The molecule has 0 radical (unpaired) electrons. The maximum absolute atomic E-state index is 12.8. The number of carbonyl (C=O) groups is 2. The molecule has 0 unspecified atom stereocenters. The Hall–Kier alpha value is -3.69. The summed E-state index contributed by atoms with van der Waals surface area (Å²) in [4.78, 5) is 25.4. The smallest absolute Gasteiger partial charge is 0.341 e. The Morgan fingerprint density at radius 3 is 2.54 bits per heavy atom. The molecule has 0 bridgehead atoms. The lowest BCUT2D eigenvalue weighted by Crippen LogP contribution is -2.16. The minimum absolute atomic E-state index is 0.0996. The Balaban J connectivity index is 1.52. The van der Waals surface area contributed by atoms with Crippen molar-refractivity contribution >= 4 is 40.0 Å². The summed E-state index contributed by atoms with van der Waals surface area (Å²) in [6, 6.07) is 17.6. The molecule has 2 aromatic carbocycles. The average Bonchev–Trinajstić information content (AvgIpc) is 3.47. The van der Waals surface area contributed by atoms with Gasteiger partial charge in [0.25, 0.3) is 0 Å². The molecule has 0 aliphatic carbocycles. The van der Waals surface area contributed by atoms with Gasteiger partial charge >= 0.3 is 5.97 Å². The van der Waals surface area contributed by atoms with Crippen molar-refractivity contribution in [2.45, 2.75) is 18.6 Å². The lowest BCUT2D eigenvalue weighted by Gasteiger charge is -2.09. The van der Waals surface area contributed by atoms with Crippen molar-refractivity contribution in [1.82, 2.24) is 14.8 Å². The number of nitrogens with one attached hydrogen (secondary N) is 1. The summed E-state index contributed by atoms with van der Waals surface area (Å²) in [5.74, 6) is 0.0554. The van der Waals surface area contributed by atoms with Gasteiger partial charge in [-0.3, -0.25) is 9.36 Å². The predicted octanol–water partition coefficient (Wildman–Crippen LogP) is 5.69. The Bertz CT molecular complexity index is 1340. The number of rotatable bonds is 9. The molecule has 0 saturated carbocycles. The molecule has 4 rings (SSSR count). The van der Waals surface area contributed by atoms with Crippen LogP contribution in [0.15, 0.2) is 77.8 Å². The first kappa shape index (κ1) is 24.4. The van der Waals surface area contributed by atoms with Crippen LogP contribution < -0.4 is 5.32 Å². The number of amides is 1. The quantitative estimate of drug-likeness (QED) is 0.179. The second-order valence-electron chi connectivity index (χ2n) is 7.62. The van der Waals surface area contributed by atoms with Crippen LogP contribution in [0.4, 0.5) is 5.00 Å². The van der Waals surface area contributed by atoms with Gasteiger partial charge in [0, 0.05) is 23.1 Å². The number of methoxy groups -OCH3 is 1. The highest BCUT2D eigenvalue weighted by molar-refractivity contribution is 7.99. The fourth-order valence-electron chi connectivity index (χ4n) is 3.48. The van der Waals surface area contributed by atoms with E-state index in [0.717, 1.165) is 22.3 Å². The highest BCUT2D eigenvalue weighted by atomic mass is 32.2. The zero-order valence-corrected chi connectivity index (χ0v) is 21.0. The number of aromatic nitrogens is 3. The van der Waals surface area contributed by atoms with Gasteiger partial charge in [-0.2, -0.15) is 0 Å². The zero-order valence-electron chi connectivity index (χ0n) is 19.4. The van der Waals surface area contributed by atoms with Crippen LogP contribution >= 0.6 is 23.1 Å². The number of allylic oxidation sites excluding steroid dienone is 1. The number of carbonyl (C=O) groups excluding carboxylic acids is 2. The van der Waals surface area contributed by atoms with E-state index in [1.165, 1.54) is 30.2 Å². The second-order valence-corrected chi connectivity index (χ2v) is 9.44. The number of aryl methyl sites for hydroxylation is 1. The standard InChI is InChI=1S/C26H24N4O3S2/c1-4-14-30-23(19-8-6-5-7-9-19)28-29-26(30)35-16-21(31)27-24-22(25(32)33-3)20(15-34-24)18-12-10-17(2)11-13-18/h4-13,15H,1,14,16H2,2-3H3,(H,27,31). The van der Waals surface area contributed by atoms with E-state index in [0.29, 0.717) is 28.1 Å². The lowest BCUT2D eigenvalue weighted by molar-refractivity contribution is -0.113. The first-order valence-electron chi connectivity index (χ1n) is 10.8. The summed E-state index contributed by atoms with van der Waals surface area (Å²) < 4.78 is 6.92. The Kier molecular flexibility index (Phi) is 7.79. The van der Waals surface area contributed by atoms with Gasteiger partial charge in [-0.15, -0.1) is 28.1 Å². The summed E-state index contributed by atoms with van der Waals surface area (Å²) in [5, 5.41) is 14.4. The van der Waals surface area contributed by atoms with Crippen LogP contribution in [-0.4, -0.2) is 39.5 Å². The van der Waals surface area contributed by atoms with E-state index in [-0.39, 0.29) is 11.7 Å². The molecule has 7 nitrogen and oxygen atoms in total. The maximum Gasteiger partial charge on any atom is 0.341 e. The number of ether oxygens (including phenoxy) is 1. The molecule has 178 valence electrons. The third-order valence-electron chi connectivity index (χ3n) is 5.19. The highest BCUT2D eigenvalue weighted by Crippen LogP contribution is 2.36. The lowest BCUT2D eigenvalue weighted by atomic mass is 10.0. The molecule has 0 spiro atoms. The number of benzene rings is 2. The van der Waals surface area contributed by atoms with E-state index in [1.807, 2.05) is 71.5 Å². The fourth-order valence-corrected chi connectivity index (χ4v) is 5.20. The summed E-state index contributed by atoms with van der Waals surface area (Å²) in [5.41, 5.74) is 4.01. The van der Waals surface area contributed by atoms with Crippen LogP contribution in [0.1, 0.15) is 15.9 Å². The molecule has 0 atom stereocenters. The van der Waals surface area contributed by atoms with E-state index in [1.54, 1.807) is 6.08 Å². The third kappa shape index (κ3) is 5.52. The topological polar surface area (TPSA) is 86.1 Å². The number of thioether (sulfide) groups is 1. The second kappa shape index (κ2) is 11.2. The number of anilines is 1. The van der Waals surface area contributed by atoms with Crippen LogP contribution in [0.3, 0.4) is 0 Å². The first-order chi connectivity index (χ1) is 17.0. The molecular weight excluding hydrogens is 480 g/mol. The summed E-state index contributed by atoms with van der Waals surface area (Å²) in [7, 11) is 1.33.